The highest BCUT2D eigenvalue weighted by Crippen LogP contribution is 2.39. The van der Waals surface area contributed by atoms with Gasteiger partial charge in [0.25, 0.3) is 5.69 Å². The lowest BCUT2D eigenvalue weighted by molar-refractivity contribution is -0.384. The van der Waals surface area contributed by atoms with Crippen LogP contribution in [0.15, 0.2) is 54.6 Å². The maximum Gasteiger partial charge on any atom is 0.321 e. The summed E-state index contributed by atoms with van der Waals surface area (Å²) in [4.78, 5) is 28.0. The molecule has 40 heavy (non-hydrogen) atoms. The van der Waals surface area contributed by atoms with E-state index in [9.17, 15) is 20.0 Å². The van der Waals surface area contributed by atoms with Gasteiger partial charge in [0.15, 0.2) is 0 Å². The number of hydrogen-bond acceptors (Lipinski definition) is 5. The molecule has 0 spiro atoms. The largest absolute Gasteiger partial charge is 0.480 e. The molecule has 2 aliphatic heterocycles. The Labute approximate surface area is 238 Å². The van der Waals surface area contributed by atoms with Crippen LogP contribution in [0.4, 0.5) is 5.69 Å². The molecule has 3 aliphatic rings. The molecule has 7 nitrogen and oxygen atoms in total. The summed E-state index contributed by atoms with van der Waals surface area (Å²) in [5, 5.41) is 21.2. The van der Waals surface area contributed by atoms with Crippen molar-refractivity contribution < 1.29 is 14.8 Å². The van der Waals surface area contributed by atoms with Crippen molar-refractivity contribution in [1.82, 2.24) is 9.80 Å². The van der Waals surface area contributed by atoms with E-state index in [1.54, 1.807) is 12.1 Å². The number of hydrogen-bond donors (Lipinski definition) is 1. The number of nitro benzene ring substituents is 1. The molecule has 1 saturated carbocycles. The third-order valence-electron chi connectivity index (χ3n) is 9.86. The first-order chi connectivity index (χ1) is 19.5. The molecule has 2 saturated heterocycles. The summed E-state index contributed by atoms with van der Waals surface area (Å²) < 4.78 is 0. The molecule has 1 aliphatic carbocycles. The van der Waals surface area contributed by atoms with Gasteiger partial charge in [0.05, 0.1) is 4.92 Å². The minimum absolute atomic E-state index is 0.156. The summed E-state index contributed by atoms with van der Waals surface area (Å²) in [5.41, 5.74) is 2.68. The number of nitrogens with zero attached hydrogens (tertiary/aromatic N) is 3. The number of benzene rings is 2. The Morgan fingerprint density at radius 3 is 2.30 bits per heavy atom. The molecule has 0 unspecified atom stereocenters. The Bertz CT molecular complexity index is 1090. The molecule has 2 heterocycles. The molecule has 0 amide bonds. The van der Waals surface area contributed by atoms with Gasteiger partial charge in [-0.15, -0.1) is 0 Å². The average molecular weight is 548 g/mol. The number of aryl methyl sites for hydroxylation is 1. The van der Waals surface area contributed by atoms with E-state index in [0.29, 0.717) is 11.8 Å². The van der Waals surface area contributed by atoms with Crippen molar-refractivity contribution >= 4 is 11.7 Å². The summed E-state index contributed by atoms with van der Waals surface area (Å²) in [6.07, 6.45) is 11.4. The van der Waals surface area contributed by atoms with Gasteiger partial charge < -0.3 is 10.0 Å². The summed E-state index contributed by atoms with van der Waals surface area (Å²) in [7, 11) is 0. The van der Waals surface area contributed by atoms with E-state index in [1.807, 2.05) is 12.1 Å². The van der Waals surface area contributed by atoms with Gasteiger partial charge in [0.2, 0.25) is 0 Å². The SMILES string of the molecule is O=C(O)[C@@H](C1CCCCC1)N1C[C@H](CN2CCC(CCCc3ccc([N+](=O)[O-])cc3)CC2)[C@@H](c2ccccc2)C1. The second-order valence-corrected chi connectivity index (χ2v) is 12.5. The van der Waals surface area contributed by atoms with E-state index in [4.69, 9.17) is 0 Å². The van der Waals surface area contributed by atoms with Crippen molar-refractivity contribution in [3.05, 3.63) is 75.8 Å². The van der Waals surface area contributed by atoms with E-state index >= 15 is 0 Å². The van der Waals surface area contributed by atoms with Gasteiger partial charge in [-0.05, 0) is 80.5 Å². The van der Waals surface area contributed by atoms with Gasteiger partial charge in [-0.3, -0.25) is 19.8 Å². The van der Waals surface area contributed by atoms with Crippen molar-refractivity contribution in [2.75, 3.05) is 32.7 Å². The highest BCUT2D eigenvalue weighted by Gasteiger charge is 2.43. The molecule has 7 heteroatoms. The lowest BCUT2D eigenvalue weighted by Crippen LogP contribution is -2.46. The van der Waals surface area contributed by atoms with Crippen LogP contribution in [0, 0.1) is 27.9 Å². The number of carboxylic acids is 1. The van der Waals surface area contributed by atoms with Gasteiger partial charge in [-0.25, -0.2) is 0 Å². The van der Waals surface area contributed by atoms with Gasteiger partial charge in [0, 0.05) is 37.7 Å². The molecule has 3 atom stereocenters. The number of non-ortho nitro benzene ring substituents is 1. The fourth-order valence-electron chi connectivity index (χ4n) is 7.67. The summed E-state index contributed by atoms with van der Waals surface area (Å²) in [5.74, 6) is 1.22. The summed E-state index contributed by atoms with van der Waals surface area (Å²) in [6, 6.07) is 17.4. The Morgan fingerprint density at radius 2 is 1.65 bits per heavy atom. The number of rotatable bonds is 11. The van der Waals surface area contributed by atoms with E-state index in [-0.39, 0.29) is 22.6 Å². The van der Waals surface area contributed by atoms with Gasteiger partial charge >= 0.3 is 5.97 Å². The van der Waals surface area contributed by atoms with Crippen molar-refractivity contribution in [3.8, 4) is 0 Å². The van der Waals surface area contributed by atoms with Crippen LogP contribution in [-0.2, 0) is 11.2 Å². The van der Waals surface area contributed by atoms with E-state index < -0.39 is 5.97 Å². The Morgan fingerprint density at radius 1 is 0.950 bits per heavy atom. The summed E-state index contributed by atoms with van der Waals surface area (Å²) >= 11 is 0. The van der Waals surface area contributed by atoms with Gasteiger partial charge in [-0.2, -0.15) is 0 Å². The maximum atomic E-state index is 12.5. The zero-order chi connectivity index (χ0) is 27.9. The standard InChI is InChI=1S/C33H45N3O4/c37-33(38)32(28-12-5-2-6-13-28)35-23-29(31(24-35)27-10-3-1-4-11-27)22-34-20-18-26(19-21-34)9-7-8-25-14-16-30(17-15-25)36(39)40/h1,3-4,10-11,14-17,26,28-29,31-32H,2,5-9,12-13,18-24H2,(H,37,38)/t29-,31+,32+/m0/s1. The quantitative estimate of drug-likeness (QED) is 0.260. The fourth-order valence-corrected chi connectivity index (χ4v) is 7.67. The number of carbonyl (C=O) groups is 1. The molecule has 3 fully saturated rings. The maximum absolute atomic E-state index is 12.5. The highest BCUT2D eigenvalue weighted by atomic mass is 16.6. The first-order valence-electron chi connectivity index (χ1n) is 15.5. The van der Waals surface area contributed by atoms with Crippen LogP contribution in [0.2, 0.25) is 0 Å². The smallest absolute Gasteiger partial charge is 0.321 e. The Balaban J connectivity index is 1.14. The van der Waals surface area contributed by atoms with Gasteiger partial charge in [0.1, 0.15) is 6.04 Å². The van der Waals surface area contributed by atoms with E-state index in [2.05, 4.69) is 40.1 Å². The van der Waals surface area contributed by atoms with Crippen molar-refractivity contribution in [3.63, 3.8) is 0 Å². The number of piperidine rings is 1. The third-order valence-corrected chi connectivity index (χ3v) is 9.86. The number of aliphatic carboxylic acids is 1. The van der Waals surface area contributed by atoms with Crippen molar-refractivity contribution in [1.29, 1.82) is 0 Å². The minimum atomic E-state index is -0.631. The fraction of sp³-hybridized carbons (Fsp3) is 0.606. The lowest BCUT2D eigenvalue weighted by Gasteiger charge is -2.35. The van der Waals surface area contributed by atoms with Crippen LogP contribution >= 0.6 is 0 Å². The predicted octanol–water partition coefficient (Wildman–Crippen LogP) is 6.38. The van der Waals surface area contributed by atoms with Crippen LogP contribution in [0.1, 0.15) is 74.8 Å². The normalized spacial score (nSPS) is 24.2. The van der Waals surface area contributed by atoms with Crippen LogP contribution in [0.5, 0.6) is 0 Å². The topological polar surface area (TPSA) is 86.9 Å². The first kappa shape index (κ1) is 28.7. The average Bonchev–Trinajstić information content (AvgIpc) is 3.38. The molecular weight excluding hydrogens is 502 g/mol. The second-order valence-electron chi connectivity index (χ2n) is 12.5. The summed E-state index contributed by atoms with van der Waals surface area (Å²) in [6.45, 7) is 5.00. The van der Waals surface area contributed by atoms with E-state index in [0.717, 1.165) is 77.2 Å². The monoisotopic (exact) mass is 547 g/mol. The number of likely N-dealkylation sites (tertiary alicyclic amines) is 2. The zero-order valence-corrected chi connectivity index (χ0v) is 23.7. The van der Waals surface area contributed by atoms with Crippen molar-refractivity contribution in [2.24, 2.45) is 17.8 Å². The van der Waals surface area contributed by atoms with Crippen LogP contribution in [-0.4, -0.2) is 64.6 Å². The Kier molecular flexibility index (Phi) is 9.87. The first-order valence-corrected chi connectivity index (χ1v) is 15.5. The molecule has 5 rings (SSSR count). The molecule has 1 N–H and O–H groups in total. The highest BCUT2D eigenvalue weighted by molar-refractivity contribution is 5.74. The molecular formula is C33H45N3O4. The second kappa shape index (κ2) is 13.7. The molecule has 0 radical (unpaired) electrons. The zero-order valence-electron chi connectivity index (χ0n) is 23.7. The Hall–Kier alpha value is -2.77. The minimum Gasteiger partial charge on any atom is -0.480 e. The predicted molar refractivity (Wildman–Crippen MR) is 157 cm³/mol. The van der Waals surface area contributed by atoms with Crippen LogP contribution in [0.25, 0.3) is 0 Å². The third kappa shape index (κ3) is 7.29. The lowest BCUT2D eigenvalue weighted by atomic mass is 9.83. The molecule has 2 aromatic rings. The number of carboxylic acid groups (broad SMARTS) is 1. The molecule has 0 bridgehead atoms. The number of nitro groups is 1. The van der Waals surface area contributed by atoms with Crippen molar-refractivity contribution in [2.45, 2.75) is 76.2 Å². The molecule has 2 aromatic carbocycles. The van der Waals surface area contributed by atoms with Gasteiger partial charge in [-0.1, -0.05) is 68.1 Å². The molecule has 0 aromatic heterocycles. The molecule has 216 valence electrons. The van der Waals surface area contributed by atoms with Crippen LogP contribution < -0.4 is 0 Å². The van der Waals surface area contributed by atoms with Crippen LogP contribution in [0.3, 0.4) is 0 Å². The van der Waals surface area contributed by atoms with E-state index in [1.165, 1.54) is 36.8 Å².